The summed E-state index contributed by atoms with van der Waals surface area (Å²) in [6, 6.07) is 6.71. The van der Waals surface area contributed by atoms with Crippen molar-refractivity contribution in [1.29, 1.82) is 0 Å². The van der Waals surface area contributed by atoms with Gasteiger partial charge in [0.15, 0.2) is 0 Å². The van der Waals surface area contributed by atoms with Gasteiger partial charge in [-0.15, -0.1) is 0 Å². The van der Waals surface area contributed by atoms with Gasteiger partial charge in [0.05, 0.1) is 12.1 Å². The lowest BCUT2D eigenvalue weighted by molar-refractivity contribution is -0.138. The van der Waals surface area contributed by atoms with Gasteiger partial charge in [0.2, 0.25) is 5.91 Å². The molecule has 0 spiro atoms. The van der Waals surface area contributed by atoms with Crippen molar-refractivity contribution in [1.82, 2.24) is 0 Å². The van der Waals surface area contributed by atoms with Crippen LogP contribution < -0.4 is 5.32 Å². The Morgan fingerprint density at radius 1 is 1.13 bits per heavy atom. The van der Waals surface area contributed by atoms with Crippen molar-refractivity contribution in [2.45, 2.75) is 17.7 Å². The van der Waals surface area contributed by atoms with Gasteiger partial charge in [0, 0.05) is 11.8 Å². The summed E-state index contributed by atoms with van der Waals surface area (Å²) in [6.45, 7) is 0. The molecule has 0 aromatic heterocycles. The van der Waals surface area contributed by atoms with Crippen LogP contribution in [0.1, 0.15) is 12.8 Å². The number of carbonyl (C=O) groups excluding carboxylic acids is 1. The number of carboxylic acids is 1. The van der Waals surface area contributed by atoms with Crippen molar-refractivity contribution < 1.29 is 32.8 Å². The number of amides is 1. The molecule has 0 saturated heterocycles. The highest BCUT2D eigenvalue weighted by Crippen LogP contribution is 2.32. The fourth-order valence-corrected chi connectivity index (χ4v) is 2.70. The van der Waals surface area contributed by atoms with Gasteiger partial charge in [0.25, 0.3) is 10.1 Å². The fourth-order valence-electron chi connectivity index (χ4n) is 2.03. The number of fused-ring (bicyclic) bond motifs is 1. The van der Waals surface area contributed by atoms with E-state index in [9.17, 15) is 27.7 Å². The minimum Gasteiger partial charge on any atom is -0.507 e. The first-order valence-electron chi connectivity index (χ1n) is 6.43. The standard InChI is InChI=1S/C14H13NO7S/c16-11-3-1-2-8-6-12(23(20,21)22)10(7-9(8)11)15-13(17)4-5-14(18)19/h1-3,6-7,16H,4-5H2,(H,15,17)(H,18,19)(H,20,21,22). The van der Waals surface area contributed by atoms with Crippen LogP contribution in [-0.2, 0) is 19.7 Å². The van der Waals surface area contributed by atoms with E-state index in [1.54, 1.807) is 0 Å². The average molecular weight is 339 g/mol. The summed E-state index contributed by atoms with van der Waals surface area (Å²) >= 11 is 0. The molecule has 23 heavy (non-hydrogen) atoms. The number of anilines is 1. The van der Waals surface area contributed by atoms with Crippen molar-refractivity contribution in [2.75, 3.05) is 5.32 Å². The van der Waals surface area contributed by atoms with Crippen LogP contribution in [0.15, 0.2) is 35.2 Å². The molecule has 0 aliphatic carbocycles. The third-order valence-electron chi connectivity index (χ3n) is 3.08. The Morgan fingerprint density at radius 3 is 2.43 bits per heavy atom. The van der Waals surface area contributed by atoms with Crippen LogP contribution in [0.4, 0.5) is 5.69 Å². The normalized spacial score (nSPS) is 11.3. The number of phenolic OH excluding ortho intramolecular Hbond substituents is 1. The van der Waals surface area contributed by atoms with Gasteiger partial charge in [-0.25, -0.2) is 0 Å². The van der Waals surface area contributed by atoms with E-state index < -0.39 is 33.3 Å². The number of carbonyl (C=O) groups is 2. The van der Waals surface area contributed by atoms with Crippen LogP contribution in [0.2, 0.25) is 0 Å². The van der Waals surface area contributed by atoms with Gasteiger partial charge in [-0.1, -0.05) is 12.1 Å². The van der Waals surface area contributed by atoms with E-state index in [4.69, 9.17) is 5.11 Å². The smallest absolute Gasteiger partial charge is 0.303 e. The second-order valence-electron chi connectivity index (χ2n) is 4.76. The first kappa shape index (κ1) is 16.7. The summed E-state index contributed by atoms with van der Waals surface area (Å²) in [5.41, 5.74) is -0.239. The van der Waals surface area contributed by atoms with Gasteiger partial charge < -0.3 is 15.5 Å². The van der Waals surface area contributed by atoms with Crippen molar-refractivity contribution in [2.24, 2.45) is 0 Å². The van der Waals surface area contributed by atoms with E-state index in [1.807, 2.05) is 0 Å². The van der Waals surface area contributed by atoms with Gasteiger partial charge in [0.1, 0.15) is 10.6 Å². The van der Waals surface area contributed by atoms with Crippen molar-refractivity contribution >= 4 is 38.5 Å². The second kappa shape index (κ2) is 6.23. The summed E-state index contributed by atoms with van der Waals surface area (Å²) in [5, 5.41) is 21.2. The van der Waals surface area contributed by atoms with Gasteiger partial charge >= 0.3 is 5.97 Å². The Morgan fingerprint density at radius 2 is 1.83 bits per heavy atom. The zero-order chi connectivity index (χ0) is 17.2. The van der Waals surface area contributed by atoms with E-state index in [0.717, 1.165) is 6.07 Å². The molecule has 0 aliphatic heterocycles. The summed E-state index contributed by atoms with van der Waals surface area (Å²) in [7, 11) is -4.63. The molecule has 2 aromatic rings. The zero-order valence-corrected chi connectivity index (χ0v) is 12.5. The van der Waals surface area contributed by atoms with Crippen molar-refractivity contribution in [3.05, 3.63) is 30.3 Å². The Labute approximate surface area is 131 Å². The molecular weight excluding hydrogens is 326 g/mol. The lowest BCUT2D eigenvalue weighted by Gasteiger charge is -2.11. The quantitative estimate of drug-likeness (QED) is 0.606. The monoisotopic (exact) mass is 339 g/mol. The SMILES string of the molecule is O=C(O)CCC(=O)Nc1cc2c(O)cccc2cc1S(=O)(=O)O. The maximum Gasteiger partial charge on any atom is 0.303 e. The Kier molecular flexibility index (Phi) is 4.52. The first-order chi connectivity index (χ1) is 10.7. The molecule has 0 saturated carbocycles. The largest absolute Gasteiger partial charge is 0.507 e. The Hall–Kier alpha value is -2.65. The van der Waals surface area contributed by atoms with Crippen LogP contribution in [0.25, 0.3) is 10.8 Å². The molecule has 0 radical (unpaired) electrons. The number of rotatable bonds is 5. The molecule has 0 unspecified atom stereocenters. The molecule has 0 atom stereocenters. The summed E-state index contributed by atoms with van der Waals surface area (Å²) in [5.74, 6) is -2.04. The van der Waals surface area contributed by atoms with Gasteiger partial charge in [-0.3, -0.25) is 14.1 Å². The molecule has 0 bridgehead atoms. The maximum absolute atomic E-state index is 11.7. The molecule has 9 heteroatoms. The van der Waals surface area contributed by atoms with Crippen molar-refractivity contribution in [3.63, 3.8) is 0 Å². The fraction of sp³-hybridized carbons (Fsp3) is 0.143. The predicted molar refractivity (Wildman–Crippen MR) is 80.9 cm³/mol. The third-order valence-corrected chi connectivity index (χ3v) is 3.97. The van der Waals surface area contributed by atoms with Crippen LogP contribution in [-0.4, -0.2) is 35.1 Å². The molecule has 122 valence electrons. The molecule has 0 heterocycles. The highest BCUT2D eigenvalue weighted by molar-refractivity contribution is 7.86. The summed E-state index contributed by atoms with van der Waals surface area (Å²) in [6.07, 6.45) is -0.787. The van der Waals surface area contributed by atoms with Crippen LogP contribution >= 0.6 is 0 Å². The van der Waals surface area contributed by atoms with E-state index in [0.29, 0.717) is 5.39 Å². The lowest BCUT2D eigenvalue weighted by Crippen LogP contribution is -2.15. The Bertz CT molecular complexity index is 889. The van der Waals surface area contributed by atoms with E-state index in [1.165, 1.54) is 24.3 Å². The molecule has 4 N–H and O–H groups in total. The van der Waals surface area contributed by atoms with Crippen LogP contribution in [0.5, 0.6) is 5.75 Å². The lowest BCUT2D eigenvalue weighted by atomic mass is 10.1. The number of nitrogens with one attached hydrogen (secondary N) is 1. The topological polar surface area (TPSA) is 141 Å². The van der Waals surface area contributed by atoms with E-state index >= 15 is 0 Å². The van der Waals surface area contributed by atoms with Crippen molar-refractivity contribution in [3.8, 4) is 5.75 Å². The minimum atomic E-state index is -4.63. The molecular formula is C14H13NO7S. The number of aliphatic carboxylic acids is 1. The molecule has 2 rings (SSSR count). The number of benzene rings is 2. The van der Waals surface area contributed by atoms with Gasteiger partial charge in [-0.2, -0.15) is 8.42 Å². The number of aromatic hydroxyl groups is 1. The predicted octanol–water partition coefficient (Wildman–Crippen LogP) is 1.60. The van der Waals surface area contributed by atoms with E-state index in [-0.39, 0.29) is 23.2 Å². The summed E-state index contributed by atoms with van der Waals surface area (Å²) in [4.78, 5) is 21.6. The second-order valence-corrected chi connectivity index (χ2v) is 6.15. The number of hydrogen-bond acceptors (Lipinski definition) is 5. The number of carboxylic acid groups (broad SMARTS) is 1. The third kappa shape index (κ3) is 3.96. The zero-order valence-electron chi connectivity index (χ0n) is 11.7. The van der Waals surface area contributed by atoms with Crippen LogP contribution in [0, 0.1) is 0 Å². The maximum atomic E-state index is 11.7. The van der Waals surface area contributed by atoms with Crippen LogP contribution in [0.3, 0.4) is 0 Å². The molecule has 1 amide bonds. The first-order valence-corrected chi connectivity index (χ1v) is 7.87. The summed E-state index contributed by atoms with van der Waals surface area (Å²) < 4.78 is 32.2. The highest BCUT2D eigenvalue weighted by atomic mass is 32.2. The molecule has 0 fully saturated rings. The molecule has 8 nitrogen and oxygen atoms in total. The van der Waals surface area contributed by atoms with E-state index in [2.05, 4.69) is 5.32 Å². The Balaban J connectivity index is 2.49. The van der Waals surface area contributed by atoms with Gasteiger partial charge in [-0.05, 0) is 23.6 Å². The molecule has 2 aromatic carbocycles. The molecule has 0 aliphatic rings. The average Bonchev–Trinajstić information content (AvgIpc) is 2.44. The minimum absolute atomic E-state index is 0.134. The highest BCUT2D eigenvalue weighted by Gasteiger charge is 2.19. The number of hydrogen-bond donors (Lipinski definition) is 4. The number of phenols is 1.